The molecule has 0 amide bonds. The molecule has 3 aliphatic rings. The van der Waals surface area contributed by atoms with Gasteiger partial charge in [-0.1, -0.05) is 23.3 Å². The highest BCUT2D eigenvalue weighted by atomic mass is 16.6. The molecule has 122 valence electrons. The maximum absolute atomic E-state index is 5.99. The number of rotatable bonds is 0. The van der Waals surface area contributed by atoms with Gasteiger partial charge in [-0.15, -0.1) is 0 Å². The third-order valence-corrected chi connectivity index (χ3v) is 5.57. The van der Waals surface area contributed by atoms with Crippen molar-refractivity contribution in [2.24, 2.45) is 0 Å². The first-order chi connectivity index (χ1) is 10.5. The second kappa shape index (κ2) is 6.33. The van der Waals surface area contributed by atoms with Crippen molar-refractivity contribution in [3.63, 3.8) is 0 Å². The van der Waals surface area contributed by atoms with Crippen LogP contribution in [0.25, 0.3) is 0 Å². The van der Waals surface area contributed by atoms with E-state index in [1.807, 2.05) is 0 Å². The summed E-state index contributed by atoms with van der Waals surface area (Å²) in [6.45, 7) is 9.81. The van der Waals surface area contributed by atoms with Crippen LogP contribution in [0.1, 0.15) is 66.2 Å². The van der Waals surface area contributed by atoms with Crippen LogP contribution in [0.2, 0.25) is 0 Å². The molecule has 0 aromatic carbocycles. The van der Waals surface area contributed by atoms with E-state index >= 15 is 0 Å². The van der Waals surface area contributed by atoms with Crippen molar-refractivity contribution in [1.29, 1.82) is 0 Å². The van der Waals surface area contributed by atoms with E-state index in [1.54, 1.807) is 0 Å². The summed E-state index contributed by atoms with van der Waals surface area (Å²) >= 11 is 0. The predicted molar refractivity (Wildman–Crippen MR) is 90.9 cm³/mol. The van der Waals surface area contributed by atoms with Gasteiger partial charge in [0.2, 0.25) is 0 Å². The molecule has 0 radical (unpaired) electrons. The number of allylic oxidation sites excluding steroid dienone is 3. The van der Waals surface area contributed by atoms with Gasteiger partial charge in [0.05, 0.1) is 24.4 Å². The Labute approximate surface area is 135 Å². The summed E-state index contributed by atoms with van der Waals surface area (Å²) in [5.74, 6) is 0. The topological polar surface area (TPSA) is 21.8 Å². The van der Waals surface area contributed by atoms with E-state index in [2.05, 4.69) is 39.8 Å². The van der Waals surface area contributed by atoms with E-state index < -0.39 is 0 Å². The number of ether oxygens (including phenoxy) is 2. The fourth-order valence-corrected chi connectivity index (χ4v) is 3.77. The van der Waals surface area contributed by atoms with Crippen LogP contribution in [-0.2, 0) is 9.47 Å². The molecule has 2 heterocycles. The minimum absolute atomic E-state index is 0.132. The molecule has 2 heteroatoms. The first kappa shape index (κ1) is 16.0. The second-order valence-electron chi connectivity index (χ2n) is 7.60. The Hall–Kier alpha value is -0.860. The van der Waals surface area contributed by atoms with E-state index in [0.29, 0.717) is 6.10 Å². The zero-order valence-electron chi connectivity index (χ0n) is 14.6. The van der Waals surface area contributed by atoms with Gasteiger partial charge in [-0.3, -0.25) is 0 Å². The first-order valence-electron chi connectivity index (χ1n) is 8.79. The molecular formula is C20H30O2. The molecule has 0 unspecified atom stereocenters. The highest BCUT2D eigenvalue weighted by Crippen LogP contribution is 2.43. The minimum Gasteiger partial charge on any atom is -0.366 e. The molecule has 1 saturated heterocycles. The van der Waals surface area contributed by atoms with Crippen molar-refractivity contribution in [3.05, 3.63) is 34.4 Å². The summed E-state index contributed by atoms with van der Waals surface area (Å²) in [5, 5.41) is 0. The molecule has 0 aromatic rings. The van der Waals surface area contributed by atoms with Crippen molar-refractivity contribution in [2.75, 3.05) is 6.61 Å². The number of hydrogen-bond donors (Lipinski definition) is 0. The van der Waals surface area contributed by atoms with Gasteiger partial charge in [0.1, 0.15) is 0 Å². The second-order valence-corrected chi connectivity index (χ2v) is 7.60. The fourth-order valence-electron chi connectivity index (χ4n) is 3.77. The zero-order chi connectivity index (χ0) is 15.7. The summed E-state index contributed by atoms with van der Waals surface area (Å²) in [6, 6.07) is 0. The monoisotopic (exact) mass is 302 g/mol. The van der Waals surface area contributed by atoms with Gasteiger partial charge in [0, 0.05) is 0 Å². The van der Waals surface area contributed by atoms with Crippen LogP contribution in [0.5, 0.6) is 0 Å². The fraction of sp³-hybridized carbons (Fsp3) is 0.700. The van der Waals surface area contributed by atoms with Gasteiger partial charge in [-0.25, -0.2) is 0 Å². The van der Waals surface area contributed by atoms with E-state index in [1.165, 1.54) is 22.3 Å². The average Bonchev–Trinajstić information content (AvgIpc) is 2.98. The van der Waals surface area contributed by atoms with Crippen LogP contribution in [-0.4, -0.2) is 24.4 Å². The average molecular weight is 302 g/mol. The van der Waals surface area contributed by atoms with E-state index in [4.69, 9.17) is 9.47 Å². The lowest BCUT2D eigenvalue weighted by Gasteiger charge is -2.14. The molecule has 3 rings (SSSR count). The van der Waals surface area contributed by atoms with Crippen molar-refractivity contribution in [3.8, 4) is 0 Å². The van der Waals surface area contributed by atoms with Gasteiger partial charge in [-0.2, -0.15) is 0 Å². The Morgan fingerprint density at radius 3 is 2.73 bits per heavy atom. The molecule has 2 nitrogen and oxygen atoms in total. The molecule has 0 saturated carbocycles. The molecule has 3 atom stereocenters. The lowest BCUT2D eigenvalue weighted by molar-refractivity contribution is 0.150. The van der Waals surface area contributed by atoms with Crippen LogP contribution in [0.3, 0.4) is 0 Å². The molecular weight excluding hydrogens is 272 g/mol. The molecule has 22 heavy (non-hydrogen) atoms. The van der Waals surface area contributed by atoms with Gasteiger partial charge in [0.15, 0.2) is 0 Å². The lowest BCUT2D eigenvalue weighted by atomic mass is 9.93. The minimum atomic E-state index is 0.132. The molecule has 0 N–H and O–H groups in total. The smallest absolute Gasteiger partial charge is 0.0977 e. The van der Waals surface area contributed by atoms with E-state index in [9.17, 15) is 0 Å². The number of hydrogen-bond acceptors (Lipinski definition) is 2. The molecule has 0 bridgehead atoms. The first-order valence-corrected chi connectivity index (χ1v) is 8.79. The third kappa shape index (κ3) is 3.55. The van der Waals surface area contributed by atoms with E-state index in [0.717, 1.165) is 45.1 Å². The summed E-state index contributed by atoms with van der Waals surface area (Å²) in [6.07, 6.45) is 12.3. The summed E-state index contributed by atoms with van der Waals surface area (Å²) in [7, 11) is 0. The maximum Gasteiger partial charge on any atom is 0.0977 e. The van der Waals surface area contributed by atoms with Gasteiger partial charge < -0.3 is 9.47 Å². The molecule has 2 aliphatic heterocycles. The third-order valence-electron chi connectivity index (χ3n) is 5.57. The molecule has 1 aliphatic carbocycles. The van der Waals surface area contributed by atoms with Crippen molar-refractivity contribution in [2.45, 2.75) is 84.0 Å². The Morgan fingerprint density at radius 2 is 1.91 bits per heavy atom. The quantitative estimate of drug-likeness (QED) is 0.458. The maximum atomic E-state index is 5.99. The predicted octanol–water partition coefficient (Wildman–Crippen LogP) is 5.11. The van der Waals surface area contributed by atoms with Crippen molar-refractivity contribution in [1.82, 2.24) is 0 Å². The molecule has 0 aromatic heterocycles. The zero-order valence-corrected chi connectivity index (χ0v) is 14.6. The lowest BCUT2D eigenvalue weighted by Crippen LogP contribution is -2.11. The summed E-state index contributed by atoms with van der Waals surface area (Å²) in [5.41, 5.74) is 6.03. The number of epoxide rings is 1. The van der Waals surface area contributed by atoms with Gasteiger partial charge in [0.25, 0.3) is 0 Å². The van der Waals surface area contributed by atoms with Gasteiger partial charge >= 0.3 is 0 Å². The largest absolute Gasteiger partial charge is 0.366 e. The van der Waals surface area contributed by atoms with Crippen molar-refractivity contribution >= 4 is 0 Å². The summed E-state index contributed by atoms with van der Waals surface area (Å²) in [4.78, 5) is 0. The summed E-state index contributed by atoms with van der Waals surface area (Å²) < 4.78 is 12.0. The molecule has 1 fully saturated rings. The van der Waals surface area contributed by atoms with Gasteiger partial charge in [-0.05, 0) is 77.4 Å². The Kier molecular flexibility index (Phi) is 4.61. The van der Waals surface area contributed by atoms with Crippen molar-refractivity contribution < 1.29 is 9.47 Å². The Morgan fingerprint density at radius 1 is 1.09 bits per heavy atom. The highest BCUT2D eigenvalue weighted by molar-refractivity contribution is 5.29. The van der Waals surface area contributed by atoms with Crippen LogP contribution < -0.4 is 0 Å². The van der Waals surface area contributed by atoms with Crippen LogP contribution in [0, 0.1) is 0 Å². The van der Waals surface area contributed by atoms with E-state index in [-0.39, 0.29) is 11.7 Å². The number of fused-ring (bicyclic) bond motifs is 2. The van der Waals surface area contributed by atoms with Crippen LogP contribution in [0.15, 0.2) is 34.4 Å². The van der Waals surface area contributed by atoms with Crippen LogP contribution in [0.4, 0.5) is 0 Å². The Bertz CT molecular complexity index is 526. The standard InChI is InChI=1S/C20H30O2/c1-14-6-5-11-20(4)19(22-20)10-8-15(2)12-18-17(9-7-14)16(3)13-21-18/h6,12,18-19H,5,7-11,13H2,1-4H3/b14-6+,15-12+/t18-,19-,20-/m1/s1. The SMILES string of the molecule is CC1=C2CC/C(C)=C/CC[C@@]3(C)O[C@@H]3CC/C(C)=C/[C@H]2OC1. The molecule has 0 spiro atoms. The normalized spacial score (nSPS) is 41.6. The highest BCUT2D eigenvalue weighted by Gasteiger charge is 2.50. The van der Waals surface area contributed by atoms with Crippen LogP contribution >= 0.6 is 0 Å². The Balaban J connectivity index is 1.76.